The summed E-state index contributed by atoms with van der Waals surface area (Å²) in [5.74, 6) is 1.31. The predicted octanol–water partition coefficient (Wildman–Crippen LogP) is 3.69. The minimum atomic E-state index is 1.28. The molecule has 0 spiro atoms. The maximum atomic E-state index is 2.20. The van der Waals surface area contributed by atoms with Gasteiger partial charge in [-0.25, -0.2) is 0 Å². The molecule has 1 aliphatic heterocycles. The Balaban J connectivity index is 0. The number of allylic oxidation sites excluding steroid dienone is 1. The van der Waals surface area contributed by atoms with Gasteiger partial charge in [-0.2, -0.15) is 0 Å². The number of thioether (sulfide) groups is 1. The van der Waals surface area contributed by atoms with Crippen molar-refractivity contribution < 1.29 is 0 Å². The van der Waals surface area contributed by atoms with Crippen molar-refractivity contribution in [1.29, 1.82) is 0 Å². The summed E-state index contributed by atoms with van der Waals surface area (Å²) >= 11 is 1.89. The third-order valence-corrected chi connectivity index (χ3v) is 1.45. The Morgan fingerprint density at radius 3 is 1.78 bits per heavy atom. The molecule has 0 fully saturated rings. The van der Waals surface area contributed by atoms with Crippen LogP contribution in [0.15, 0.2) is 11.5 Å². The van der Waals surface area contributed by atoms with Crippen molar-refractivity contribution in [3.8, 4) is 0 Å². The maximum absolute atomic E-state index is 2.20. The lowest BCUT2D eigenvalue weighted by atomic mass is 10.5. The van der Waals surface area contributed by atoms with Crippen LogP contribution in [0.25, 0.3) is 0 Å². The van der Waals surface area contributed by atoms with Crippen LogP contribution < -0.4 is 0 Å². The lowest BCUT2D eigenvalue weighted by Crippen LogP contribution is -1.56. The largest absolute Gasteiger partial charge is 0.134 e. The van der Waals surface area contributed by atoms with Crippen LogP contribution in [0.3, 0.4) is 0 Å². The molecule has 0 atom stereocenters. The monoisotopic (exact) mass is 146 g/mol. The summed E-state index contributed by atoms with van der Waals surface area (Å²) in [6, 6.07) is 0. The van der Waals surface area contributed by atoms with Gasteiger partial charge >= 0.3 is 0 Å². The Hall–Kier alpha value is 0.0900. The number of hydrogen-bond acceptors (Lipinski definition) is 1. The second-order valence-electron chi connectivity index (χ2n) is 1.03. The van der Waals surface area contributed by atoms with Crippen molar-refractivity contribution >= 4 is 11.8 Å². The SMILES string of the molecule is C1=CSCC1.CC.CC. The highest BCUT2D eigenvalue weighted by molar-refractivity contribution is 8.02. The molecule has 0 nitrogen and oxygen atoms in total. The quantitative estimate of drug-likeness (QED) is 0.502. The minimum Gasteiger partial charge on any atom is -0.134 e. The van der Waals surface area contributed by atoms with E-state index in [-0.39, 0.29) is 0 Å². The molecule has 0 amide bonds. The van der Waals surface area contributed by atoms with E-state index in [1.54, 1.807) is 0 Å². The molecule has 9 heavy (non-hydrogen) atoms. The smallest absolute Gasteiger partial charge is 0.000884 e. The zero-order valence-electron chi connectivity index (χ0n) is 6.98. The van der Waals surface area contributed by atoms with E-state index in [2.05, 4.69) is 11.5 Å². The van der Waals surface area contributed by atoms with E-state index < -0.39 is 0 Å². The minimum absolute atomic E-state index is 1.28. The molecule has 0 aromatic heterocycles. The Kier molecular flexibility index (Phi) is 20.6. The molecule has 0 bridgehead atoms. The van der Waals surface area contributed by atoms with Crippen LogP contribution in [0.1, 0.15) is 34.1 Å². The first-order chi connectivity index (χ1) is 4.50. The zero-order valence-corrected chi connectivity index (χ0v) is 7.79. The lowest BCUT2D eigenvalue weighted by Gasteiger charge is -1.69. The van der Waals surface area contributed by atoms with Gasteiger partial charge in [0.2, 0.25) is 0 Å². The highest BCUT2D eigenvalue weighted by atomic mass is 32.2. The van der Waals surface area contributed by atoms with E-state index in [1.807, 2.05) is 39.5 Å². The van der Waals surface area contributed by atoms with E-state index >= 15 is 0 Å². The summed E-state index contributed by atoms with van der Waals surface area (Å²) in [7, 11) is 0. The average Bonchev–Trinajstić information content (AvgIpc) is 2.51. The number of hydrogen-bond donors (Lipinski definition) is 0. The Labute approximate surface area is 63.7 Å². The summed E-state index contributed by atoms with van der Waals surface area (Å²) in [5, 5.41) is 2.15. The van der Waals surface area contributed by atoms with Gasteiger partial charge in [0.25, 0.3) is 0 Å². The maximum Gasteiger partial charge on any atom is 0.000884 e. The molecule has 0 radical (unpaired) electrons. The Morgan fingerprint density at radius 1 is 1.11 bits per heavy atom. The van der Waals surface area contributed by atoms with Gasteiger partial charge in [0.1, 0.15) is 0 Å². The molecular weight excluding hydrogens is 128 g/mol. The van der Waals surface area contributed by atoms with Crippen molar-refractivity contribution in [2.45, 2.75) is 34.1 Å². The fraction of sp³-hybridized carbons (Fsp3) is 0.750. The first-order valence-electron chi connectivity index (χ1n) is 3.77. The van der Waals surface area contributed by atoms with Crippen molar-refractivity contribution in [3.63, 3.8) is 0 Å². The lowest BCUT2D eigenvalue weighted by molar-refractivity contribution is 1.28. The molecule has 1 heterocycles. The summed E-state index contributed by atoms with van der Waals surface area (Å²) in [5.41, 5.74) is 0. The molecular formula is C8H18S. The number of rotatable bonds is 0. The van der Waals surface area contributed by atoms with Crippen molar-refractivity contribution in [3.05, 3.63) is 11.5 Å². The van der Waals surface area contributed by atoms with Gasteiger partial charge in [0, 0.05) is 5.75 Å². The van der Waals surface area contributed by atoms with Crippen molar-refractivity contribution in [2.24, 2.45) is 0 Å². The van der Waals surface area contributed by atoms with Gasteiger partial charge < -0.3 is 0 Å². The molecule has 0 saturated heterocycles. The molecule has 0 aromatic carbocycles. The second kappa shape index (κ2) is 15.7. The zero-order chi connectivity index (χ0) is 7.54. The molecule has 0 N–H and O–H groups in total. The van der Waals surface area contributed by atoms with Gasteiger partial charge in [-0.05, 0) is 11.8 Å². The molecule has 1 heteroatoms. The predicted molar refractivity (Wildman–Crippen MR) is 48.9 cm³/mol. The van der Waals surface area contributed by atoms with Crippen LogP contribution in [0.4, 0.5) is 0 Å². The molecule has 0 aliphatic carbocycles. The summed E-state index contributed by atoms with van der Waals surface area (Å²) in [6.07, 6.45) is 3.48. The highest BCUT2D eigenvalue weighted by Crippen LogP contribution is 2.11. The summed E-state index contributed by atoms with van der Waals surface area (Å²) in [4.78, 5) is 0. The molecule has 1 aliphatic rings. The van der Waals surface area contributed by atoms with Crippen LogP contribution >= 0.6 is 11.8 Å². The highest BCUT2D eigenvalue weighted by Gasteiger charge is 1.85. The van der Waals surface area contributed by atoms with Crippen LogP contribution in [0, 0.1) is 0 Å². The Bertz CT molecular complexity index is 42.5. The van der Waals surface area contributed by atoms with E-state index in [9.17, 15) is 0 Å². The van der Waals surface area contributed by atoms with Crippen molar-refractivity contribution in [1.82, 2.24) is 0 Å². The van der Waals surface area contributed by atoms with E-state index in [4.69, 9.17) is 0 Å². The molecule has 56 valence electrons. The van der Waals surface area contributed by atoms with E-state index in [0.29, 0.717) is 0 Å². The van der Waals surface area contributed by atoms with Gasteiger partial charge in [0.05, 0.1) is 0 Å². The van der Waals surface area contributed by atoms with E-state index in [0.717, 1.165) is 0 Å². The molecule has 0 aromatic rings. The fourth-order valence-electron chi connectivity index (χ4n) is 0.340. The average molecular weight is 146 g/mol. The van der Waals surface area contributed by atoms with Crippen molar-refractivity contribution in [2.75, 3.05) is 5.75 Å². The van der Waals surface area contributed by atoms with Crippen LogP contribution in [-0.2, 0) is 0 Å². The first-order valence-corrected chi connectivity index (χ1v) is 4.81. The van der Waals surface area contributed by atoms with Gasteiger partial charge in [0.15, 0.2) is 0 Å². The van der Waals surface area contributed by atoms with Gasteiger partial charge in [-0.3, -0.25) is 0 Å². The van der Waals surface area contributed by atoms with Gasteiger partial charge in [-0.15, -0.1) is 11.8 Å². The molecule has 0 unspecified atom stereocenters. The third-order valence-electron chi connectivity index (χ3n) is 0.595. The first kappa shape index (κ1) is 11.8. The fourth-order valence-corrected chi connectivity index (χ4v) is 1.02. The molecule has 0 saturated carbocycles. The standard InChI is InChI=1S/C4H6S.2C2H6/c1-2-4-5-3-1;2*1-2/h1,3H,2,4H2;2*1-2H3. The summed E-state index contributed by atoms with van der Waals surface area (Å²) < 4.78 is 0. The molecule has 1 rings (SSSR count). The van der Waals surface area contributed by atoms with Crippen LogP contribution in [-0.4, -0.2) is 5.75 Å². The Morgan fingerprint density at radius 2 is 1.67 bits per heavy atom. The van der Waals surface area contributed by atoms with Crippen LogP contribution in [0.2, 0.25) is 0 Å². The van der Waals surface area contributed by atoms with Crippen LogP contribution in [0.5, 0.6) is 0 Å². The normalized spacial score (nSPS) is 12.9. The summed E-state index contributed by atoms with van der Waals surface area (Å²) in [6.45, 7) is 8.00. The topological polar surface area (TPSA) is 0 Å². The second-order valence-corrected chi connectivity index (χ2v) is 2.04. The van der Waals surface area contributed by atoms with Gasteiger partial charge in [-0.1, -0.05) is 33.8 Å². The van der Waals surface area contributed by atoms with E-state index in [1.165, 1.54) is 12.2 Å². The third kappa shape index (κ3) is 11.6.